The first-order chi connectivity index (χ1) is 11.3. The smallest absolute Gasteiger partial charge is 0.195 e. The second-order valence-corrected chi connectivity index (χ2v) is 6.72. The van der Waals surface area contributed by atoms with E-state index >= 15 is 0 Å². The van der Waals surface area contributed by atoms with Gasteiger partial charge in [-0.1, -0.05) is 48.5 Å². The Hall–Kier alpha value is -2.78. The summed E-state index contributed by atoms with van der Waals surface area (Å²) < 4.78 is 2.05. The van der Waals surface area contributed by atoms with Crippen LogP contribution in [0.5, 0.6) is 0 Å². The molecule has 23 heavy (non-hydrogen) atoms. The van der Waals surface area contributed by atoms with Gasteiger partial charge in [-0.15, -0.1) is 11.3 Å². The van der Waals surface area contributed by atoms with E-state index in [0.29, 0.717) is 22.3 Å². The Morgan fingerprint density at radius 1 is 0.609 bits per heavy atom. The molecule has 1 aliphatic rings. The van der Waals surface area contributed by atoms with Gasteiger partial charge < -0.3 is 0 Å². The quantitative estimate of drug-likeness (QED) is 0.410. The summed E-state index contributed by atoms with van der Waals surface area (Å²) in [5.74, 6) is -0.109. The van der Waals surface area contributed by atoms with E-state index in [9.17, 15) is 9.59 Å². The highest BCUT2D eigenvalue weighted by Gasteiger charge is 2.31. The molecule has 0 radical (unpaired) electrons. The number of carbonyl (C=O) groups excluding carboxylic acids is 2. The molecule has 1 aromatic heterocycles. The molecule has 5 rings (SSSR count). The van der Waals surface area contributed by atoms with Gasteiger partial charge in [0.2, 0.25) is 0 Å². The summed E-state index contributed by atoms with van der Waals surface area (Å²) >= 11 is 1.58. The Kier molecular flexibility index (Phi) is 2.42. The van der Waals surface area contributed by atoms with Crippen molar-refractivity contribution in [3.05, 3.63) is 82.9 Å². The summed E-state index contributed by atoms with van der Waals surface area (Å²) in [4.78, 5) is 25.8. The molecule has 0 N–H and O–H groups in total. The van der Waals surface area contributed by atoms with Crippen LogP contribution >= 0.6 is 11.3 Å². The lowest BCUT2D eigenvalue weighted by atomic mass is 9.83. The molecule has 4 aromatic rings. The monoisotopic (exact) mass is 314 g/mol. The average Bonchev–Trinajstić information content (AvgIpc) is 2.98. The van der Waals surface area contributed by atoms with Crippen LogP contribution in [-0.2, 0) is 0 Å². The van der Waals surface area contributed by atoms with Crippen LogP contribution < -0.4 is 0 Å². The minimum absolute atomic E-state index is 0.0487. The van der Waals surface area contributed by atoms with Crippen LogP contribution in [0, 0.1) is 0 Å². The van der Waals surface area contributed by atoms with Gasteiger partial charge in [-0.05, 0) is 12.1 Å². The van der Waals surface area contributed by atoms with Crippen LogP contribution in [-0.4, -0.2) is 11.6 Å². The molecule has 0 unspecified atom stereocenters. The molecule has 0 aliphatic heterocycles. The molecule has 1 aliphatic carbocycles. The minimum atomic E-state index is -0.0606. The molecule has 0 spiro atoms. The molecule has 2 nitrogen and oxygen atoms in total. The lowest BCUT2D eigenvalue weighted by Crippen LogP contribution is -2.20. The summed E-state index contributed by atoms with van der Waals surface area (Å²) in [5.41, 5.74) is 2.10. The highest BCUT2D eigenvalue weighted by molar-refractivity contribution is 7.26. The Morgan fingerprint density at radius 2 is 1.30 bits per heavy atom. The van der Waals surface area contributed by atoms with Crippen LogP contribution in [0.15, 0.2) is 60.7 Å². The predicted octanol–water partition coefficient (Wildman–Crippen LogP) is 4.83. The Balaban J connectivity index is 1.94. The summed E-state index contributed by atoms with van der Waals surface area (Å²) in [6, 6.07) is 18.9. The average molecular weight is 314 g/mol. The second-order valence-electron chi connectivity index (χ2n) is 5.67. The van der Waals surface area contributed by atoms with Gasteiger partial charge in [-0.25, -0.2) is 0 Å². The van der Waals surface area contributed by atoms with Crippen LogP contribution in [0.25, 0.3) is 20.2 Å². The van der Waals surface area contributed by atoms with Crippen molar-refractivity contribution < 1.29 is 9.59 Å². The zero-order valence-electron chi connectivity index (χ0n) is 12.0. The zero-order valence-corrected chi connectivity index (χ0v) is 12.8. The van der Waals surface area contributed by atoms with Gasteiger partial charge in [0.1, 0.15) is 0 Å². The SMILES string of the molecule is O=C1c2ccccc2C(=O)c2c1ccc1c2sc2ccccc21. The Labute approximate surface area is 136 Å². The van der Waals surface area contributed by atoms with Gasteiger partial charge in [0.05, 0.1) is 5.56 Å². The fourth-order valence-corrected chi connectivity index (χ4v) is 4.61. The van der Waals surface area contributed by atoms with E-state index in [1.807, 2.05) is 18.2 Å². The highest BCUT2D eigenvalue weighted by atomic mass is 32.1. The lowest BCUT2D eigenvalue weighted by Gasteiger charge is -2.17. The molecule has 0 saturated carbocycles. The first-order valence-corrected chi connectivity index (χ1v) is 8.20. The third kappa shape index (κ3) is 1.57. The summed E-state index contributed by atoms with van der Waals surface area (Å²) in [7, 11) is 0. The molecule has 1 heterocycles. The summed E-state index contributed by atoms with van der Waals surface area (Å²) in [6.07, 6.45) is 0. The molecule has 3 aromatic carbocycles. The van der Waals surface area contributed by atoms with Crippen molar-refractivity contribution in [3.63, 3.8) is 0 Å². The number of benzene rings is 3. The highest BCUT2D eigenvalue weighted by Crippen LogP contribution is 2.40. The number of ketones is 2. The first kappa shape index (κ1) is 12.7. The van der Waals surface area contributed by atoms with Crippen LogP contribution in [0.2, 0.25) is 0 Å². The van der Waals surface area contributed by atoms with Crippen molar-refractivity contribution in [2.45, 2.75) is 0 Å². The van der Waals surface area contributed by atoms with E-state index in [2.05, 4.69) is 12.1 Å². The van der Waals surface area contributed by atoms with E-state index in [4.69, 9.17) is 0 Å². The van der Waals surface area contributed by atoms with E-state index in [-0.39, 0.29) is 11.6 Å². The predicted molar refractivity (Wildman–Crippen MR) is 92.6 cm³/mol. The van der Waals surface area contributed by atoms with Crippen LogP contribution in [0.3, 0.4) is 0 Å². The summed E-state index contributed by atoms with van der Waals surface area (Å²) in [6.45, 7) is 0. The van der Waals surface area contributed by atoms with Crippen LogP contribution in [0.1, 0.15) is 31.8 Å². The maximum absolute atomic E-state index is 13.0. The standard InChI is InChI=1S/C20H10O2S/c21-18-12-6-1-2-7-13(12)19(22)17-15(18)10-9-14-11-5-3-4-8-16(11)23-20(14)17/h1-10H. The molecular weight excluding hydrogens is 304 g/mol. The van der Waals surface area contributed by atoms with Crippen LogP contribution in [0.4, 0.5) is 0 Å². The summed E-state index contributed by atoms with van der Waals surface area (Å²) in [5, 5.41) is 2.18. The van der Waals surface area contributed by atoms with Crippen molar-refractivity contribution in [2.75, 3.05) is 0 Å². The zero-order chi connectivity index (χ0) is 15.6. The van der Waals surface area contributed by atoms with Gasteiger partial charge in [-0.2, -0.15) is 0 Å². The fourth-order valence-electron chi connectivity index (χ4n) is 3.36. The molecule has 0 fully saturated rings. The van der Waals surface area contributed by atoms with Gasteiger partial charge in [0, 0.05) is 36.9 Å². The maximum Gasteiger partial charge on any atom is 0.195 e. The van der Waals surface area contributed by atoms with E-state index < -0.39 is 0 Å². The van der Waals surface area contributed by atoms with Gasteiger partial charge in [-0.3, -0.25) is 9.59 Å². The number of hydrogen-bond acceptors (Lipinski definition) is 3. The minimum Gasteiger partial charge on any atom is -0.289 e. The largest absolute Gasteiger partial charge is 0.289 e. The van der Waals surface area contributed by atoms with Gasteiger partial charge >= 0.3 is 0 Å². The molecule has 0 saturated heterocycles. The third-order valence-electron chi connectivity index (χ3n) is 4.43. The van der Waals surface area contributed by atoms with E-state index in [1.54, 1.807) is 41.7 Å². The number of rotatable bonds is 0. The number of fused-ring (bicyclic) bond motifs is 6. The van der Waals surface area contributed by atoms with Crippen molar-refractivity contribution in [1.82, 2.24) is 0 Å². The number of carbonyl (C=O) groups is 2. The maximum atomic E-state index is 13.0. The number of thiophene rings is 1. The molecule has 0 amide bonds. The van der Waals surface area contributed by atoms with E-state index in [1.165, 1.54) is 0 Å². The van der Waals surface area contributed by atoms with Gasteiger partial charge in [0.25, 0.3) is 0 Å². The molecule has 0 atom stereocenters. The lowest BCUT2D eigenvalue weighted by molar-refractivity contribution is 0.0980. The second kappa shape index (κ2) is 4.37. The third-order valence-corrected chi connectivity index (χ3v) is 5.64. The normalized spacial score (nSPS) is 13.4. The first-order valence-electron chi connectivity index (χ1n) is 7.38. The van der Waals surface area contributed by atoms with E-state index in [0.717, 1.165) is 20.2 Å². The molecule has 3 heteroatoms. The number of hydrogen-bond donors (Lipinski definition) is 0. The fraction of sp³-hybridized carbons (Fsp3) is 0. The molecule has 0 bridgehead atoms. The molecular formula is C20H10O2S. The molecule has 108 valence electrons. The Bertz CT molecular complexity index is 1150. The van der Waals surface area contributed by atoms with Crippen molar-refractivity contribution in [2.24, 2.45) is 0 Å². The topological polar surface area (TPSA) is 34.1 Å². The van der Waals surface area contributed by atoms with Crippen molar-refractivity contribution in [3.8, 4) is 0 Å². The Morgan fingerprint density at radius 3 is 2.13 bits per heavy atom. The van der Waals surface area contributed by atoms with Crippen molar-refractivity contribution >= 4 is 43.1 Å². The van der Waals surface area contributed by atoms with Gasteiger partial charge in [0.15, 0.2) is 11.6 Å². The van der Waals surface area contributed by atoms with Crippen molar-refractivity contribution in [1.29, 1.82) is 0 Å².